The van der Waals surface area contributed by atoms with Gasteiger partial charge in [0.05, 0.1) is 5.60 Å². The molecule has 0 unspecified atom stereocenters. The van der Waals surface area contributed by atoms with Crippen molar-refractivity contribution in [1.29, 1.82) is 0 Å². The van der Waals surface area contributed by atoms with Gasteiger partial charge in [0.2, 0.25) is 0 Å². The lowest BCUT2D eigenvalue weighted by Gasteiger charge is -2.43. The van der Waals surface area contributed by atoms with Crippen LogP contribution in [0.2, 0.25) is 0 Å². The summed E-state index contributed by atoms with van der Waals surface area (Å²) in [5.74, 6) is 5.74. The minimum atomic E-state index is -1.10. The number of rotatable bonds is 2. The minimum absolute atomic E-state index is 0.0651. The highest BCUT2D eigenvalue weighted by Crippen LogP contribution is 2.34. The normalized spacial score (nSPS) is 22.9. The van der Waals surface area contributed by atoms with E-state index < -0.39 is 5.60 Å². The number of carbonyl (C=O) groups excluding carboxylic acids is 1. The number of hydrogen-bond donors (Lipinski definition) is 2. The van der Waals surface area contributed by atoms with E-state index in [9.17, 15) is 9.90 Å². The molecule has 3 rings (SSSR count). The molecule has 0 aliphatic carbocycles. The molecule has 1 atom stereocenters. The van der Waals surface area contributed by atoms with Gasteiger partial charge in [-0.15, -0.1) is 0 Å². The van der Waals surface area contributed by atoms with E-state index in [-0.39, 0.29) is 23.3 Å². The fourth-order valence-corrected chi connectivity index (χ4v) is 3.24. The van der Waals surface area contributed by atoms with Crippen LogP contribution in [-0.2, 0) is 9.47 Å². The Bertz CT molecular complexity index is 664. The van der Waals surface area contributed by atoms with Crippen molar-refractivity contribution in [2.75, 3.05) is 19.8 Å². The number of carbonyl (C=O) groups is 1. The van der Waals surface area contributed by atoms with Crippen LogP contribution >= 0.6 is 0 Å². The second-order valence-corrected chi connectivity index (χ2v) is 7.28. The molecule has 2 fully saturated rings. The van der Waals surface area contributed by atoms with Gasteiger partial charge in [-0.05, 0) is 57.6 Å². The van der Waals surface area contributed by atoms with E-state index in [1.54, 1.807) is 26.0 Å². The largest absolute Gasteiger partial charge is 0.443 e. The van der Waals surface area contributed by atoms with Crippen molar-refractivity contribution in [3.63, 3.8) is 0 Å². The maximum Gasteiger partial charge on any atom is 0.287 e. The molecular weight excluding hydrogens is 322 g/mol. The quantitative estimate of drug-likeness (QED) is 0.798. The Labute approximate surface area is 147 Å². The molecule has 1 spiro atoms. The van der Waals surface area contributed by atoms with Gasteiger partial charge in [0, 0.05) is 25.9 Å². The van der Waals surface area contributed by atoms with Crippen molar-refractivity contribution in [2.45, 2.75) is 56.8 Å². The van der Waals surface area contributed by atoms with Gasteiger partial charge in [0.15, 0.2) is 11.5 Å². The summed E-state index contributed by atoms with van der Waals surface area (Å²) < 4.78 is 16.9. The number of hydrogen-bond acceptors (Lipinski definition) is 5. The van der Waals surface area contributed by atoms with Crippen LogP contribution in [-0.4, -0.2) is 48.1 Å². The Hall–Kier alpha value is -1.81. The summed E-state index contributed by atoms with van der Waals surface area (Å²) in [6.45, 7) is 5.25. The predicted octanol–water partition coefficient (Wildman–Crippen LogP) is 1.86. The Balaban J connectivity index is 1.60. The van der Waals surface area contributed by atoms with Crippen molar-refractivity contribution >= 4 is 5.91 Å². The van der Waals surface area contributed by atoms with Crippen LogP contribution in [0.5, 0.6) is 0 Å². The second kappa shape index (κ2) is 7.20. The molecule has 2 saturated heterocycles. The molecule has 1 amide bonds. The number of furan rings is 1. The lowest BCUT2D eigenvalue weighted by atomic mass is 9.84. The lowest BCUT2D eigenvalue weighted by molar-refractivity contribution is -0.139. The molecule has 0 aromatic carbocycles. The lowest BCUT2D eigenvalue weighted by Crippen LogP contribution is -2.51. The van der Waals surface area contributed by atoms with Gasteiger partial charge < -0.3 is 24.3 Å². The number of ether oxygens (including phenoxy) is 2. The van der Waals surface area contributed by atoms with Gasteiger partial charge in [0.1, 0.15) is 5.60 Å². The molecular formula is C19H25NO5. The first-order valence-electron chi connectivity index (χ1n) is 8.73. The monoisotopic (exact) mass is 347 g/mol. The van der Waals surface area contributed by atoms with Crippen molar-refractivity contribution in [2.24, 2.45) is 0 Å². The Morgan fingerprint density at radius 2 is 2.08 bits per heavy atom. The third-order valence-corrected chi connectivity index (χ3v) is 4.55. The average molecular weight is 347 g/mol. The van der Waals surface area contributed by atoms with Gasteiger partial charge in [-0.25, -0.2) is 0 Å². The molecule has 0 radical (unpaired) electrons. The number of nitrogens with one attached hydrogen (secondary N) is 1. The van der Waals surface area contributed by atoms with Gasteiger partial charge in [0.25, 0.3) is 5.91 Å². The topological polar surface area (TPSA) is 80.9 Å². The van der Waals surface area contributed by atoms with E-state index >= 15 is 0 Å². The fourth-order valence-electron chi connectivity index (χ4n) is 3.24. The molecule has 136 valence electrons. The molecule has 0 bridgehead atoms. The van der Waals surface area contributed by atoms with Gasteiger partial charge in [-0.3, -0.25) is 4.79 Å². The van der Waals surface area contributed by atoms with Gasteiger partial charge >= 0.3 is 0 Å². The van der Waals surface area contributed by atoms with Crippen molar-refractivity contribution < 1.29 is 23.8 Å². The van der Waals surface area contributed by atoms with Crippen LogP contribution in [0.4, 0.5) is 0 Å². The zero-order valence-corrected chi connectivity index (χ0v) is 14.8. The molecule has 6 nitrogen and oxygen atoms in total. The van der Waals surface area contributed by atoms with E-state index in [4.69, 9.17) is 13.9 Å². The third-order valence-electron chi connectivity index (χ3n) is 4.55. The summed E-state index contributed by atoms with van der Waals surface area (Å²) in [4.78, 5) is 12.4. The van der Waals surface area contributed by atoms with Crippen molar-refractivity contribution in [1.82, 2.24) is 5.32 Å². The predicted molar refractivity (Wildman–Crippen MR) is 91.1 cm³/mol. The maximum atomic E-state index is 12.4. The van der Waals surface area contributed by atoms with E-state index in [2.05, 4.69) is 17.2 Å². The highest BCUT2D eigenvalue weighted by molar-refractivity contribution is 5.91. The summed E-state index contributed by atoms with van der Waals surface area (Å²) >= 11 is 0. The molecule has 6 heteroatoms. The second-order valence-electron chi connectivity index (χ2n) is 7.28. The van der Waals surface area contributed by atoms with Crippen LogP contribution in [0, 0.1) is 11.8 Å². The summed E-state index contributed by atoms with van der Waals surface area (Å²) in [7, 11) is 0. The van der Waals surface area contributed by atoms with Crippen molar-refractivity contribution in [3.05, 3.63) is 23.7 Å². The van der Waals surface area contributed by atoms with E-state index in [0.29, 0.717) is 25.6 Å². The molecule has 2 N–H and O–H groups in total. The summed E-state index contributed by atoms with van der Waals surface area (Å²) in [6, 6.07) is 3.31. The molecule has 2 aliphatic rings. The summed E-state index contributed by atoms with van der Waals surface area (Å²) in [5, 5.41) is 12.7. The standard InChI is InChI=1S/C19H25NO5/c1-18(2,22)7-5-15-3-4-16(25-15)17(21)20-14-6-10-24-19(13-14)8-11-23-12-9-19/h3-4,14,22H,6,8-13H2,1-2H3,(H,20,21)/t14-/m1/s1. The van der Waals surface area contributed by atoms with E-state index in [0.717, 1.165) is 25.7 Å². The Morgan fingerprint density at radius 1 is 1.32 bits per heavy atom. The fraction of sp³-hybridized carbons (Fsp3) is 0.632. The van der Waals surface area contributed by atoms with Crippen LogP contribution in [0.3, 0.4) is 0 Å². The van der Waals surface area contributed by atoms with Crippen LogP contribution < -0.4 is 5.32 Å². The Morgan fingerprint density at radius 3 is 2.80 bits per heavy atom. The van der Waals surface area contributed by atoms with Gasteiger partial charge in [-0.2, -0.15) is 0 Å². The molecule has 2 aliphatic heterocycles. The molecule has 1 aromatic heterocycles. The van der Waals surface area contributed by atoms with Crippen molar-refractivity contribution in [3.8, 4) is 11.8 Å². The van der Waals surface area contributed by atoms with Crippen LogP contribution in [0.1, 0.15) is 55.8 Å². The number of aliphatic hydroxyl groups is 1. The van der Waals surface area contributed by atoms with E-state index in [1.165, 1.54) is 0 Å². The molecule has 3 heterocycles. The maximum absolute atomic E-state index is 12.4. The molecule has 0 saturated carbocycles. The zero-order chi connectivity index (χ0) is 17.9. The molecule has 1 aromatic rings. The highest BCUT2D eigenvalue weighted by atomic mass is 16.5. The highest BCUT2D eigenvalue weighted by Gasteiger charge is 2.39. The minimum Gasteiger partial charge on any atom is -0.443 e. The summed E-state index contributed by atoms with van der Waals surface area (Å²) in [6.07, 6.45) is 3.34. The van der Waals surface area contributed by atoms with E-state index in [1.807, 2.05) is 0 Å². The van der Waals surface area contributed by atoms with Crippen LogP contribution in [0.25, 0.3) is 0 Å². The molecule has 25 heavy (non-hydrogen) atoms. The first-order chi connectivity index (χ1) is 11.9. The number of amides is 1. The van der Waals surface area contributed by atoms with Crippen LogP contribution in [0.15, 0.2) is 16.5 Å². The van der Waals surface area contributed by atoms with Gasteiger partial charge in [-0.1, -0.05) is 5.92 Å². The average Bonchev–Trinajstić information content (AvgIpc) is 3.02. The Kier molecular flexibility index (Phi) is 5.19. The SMILES string of the molecule is CC(C)(O)C#Cc1ccc(C(=O)N[C@@H]2CCOC3(CCOCC3)C2)o1. The first kappa shape index (κ1) is 18.0. The first-order valence-corrected chi connectivity index (χ1v) is 8.73. The third kappa shape index (κ3) is 4.85. The summed E-state index contributed by atoms with van der Waals surface area (Å²) in [5.41, 5.74) is -1.27. The smallest absolute Gasteiger partial charge is 0.287 e. The zero-order valence-electron chi connectivity index (χ0n) is 14.8.